The number of rotatable bonds is 4. The largest absolute Gasteiger partial charge is 0.488 e. The fraction of sp³-hybridized carbons (Fsp3) is 0.474. The minimum absolute atomic E-state index is 0.0532. The molecule has 3 heterocycles. The first-order chi connectivity index (χ1) is 13.1. The zero-order valence-electron chi connectivity index (χ0n) is 15.1. The average Bonchev–Trinajstić information content (AvgIpc) is 2.94. The fourth-order valence-electron chi connectivity index (χ4n) is 4.26. The number of ether oxygens (including phenoxy) is 1. The van der Waals surface area contributed by atoms with Crippen molar-refractivity contribution in [3.8, 4) is 5.75 Å². The third kappa shape index (κ3) is 3.00. The van der Waals surface area contributed by atoms with Crippen LogP contribution >= 0.6 is 11.6 Å². The summed E-state index contributed by atoms with van der Waals surface area (Å²) in [4.78, 5) is 34.0. The molecule has 0 unspecified atom stereocenters. The topological polar surface area (TPSA) is 86.1 Å². The van der Waals surface area contributed by atoms with Crippen molar-refractivity contribution < 1.29 is 9.53 Å². The quantitative estimate of drug-likeness (QED) is 0.859. The van der Waals surface area contributed by atoms with Crippen LogP contribution in [0.1, 0.15) is 55.9 Å². The van der Waals surface area contributed by atoms with Gasteiger partial charge in [-0.25, -0.2) is 9.97 Å². The molecule has 1 aliphatic carbocycles. The van der Waals surface area contributed by atoms with Crippen LogP contribution < -0.4 is 15.6 Å². The Bertz CT molecular complexity index is 950. The van der Waals surface area contributed by atoms with Gasteiger partial charge in [0.15, 0.2) is 17.4 Å². The van der Waals surface area contributed by atoms with Crippen molar-refractivity contribution in [1.82, 2.24) is 14.5 Å². The molecule has 1 saturated carbocycles. The number of carbonyl (C=O) groups is 1. The van der Waals surface area contributed by atoms with Gasteiger partial charge in [0.25, 0.3) is 5.56 Å². The number of nitrogens with zero attached hydrogens (tertiary/aromatic N) is 3. The summed E-state index contributed by atoms with van der Waals surface area (Å²) >= 11 is 6.43. The number of carbonyl (C=O) groups excluding carboxylic acids is 1. The van der Waals surface area contributed by atoms with Gasteiger partial charge >= 0.3 is 0 Å². The van der Waals surface area contributed by atoms with Crippen LogP contribution in [0.15, 0.2) is 23.4 Å². The third-order valence-corrected chi connectivity index (χ3v) is 5.69. The number of fused-ring (bicyclic) bond motifs is 2. The molecule has 0 saturated heterocycles. The van der Waals surface area contributed by atoms with Crippen LogP contribution in [0.25, 0.3) is 0 Å². The lowest BCUT2D eigenvalue weighted by atomic mass is 9.80. The summed E-state index contributed by atoms with van der Waals surface area (Å²) in [6, 6.07) is 1.51. The van der Waals surface area contributed by atoms with E-state index in [-0.39, 0.29) is 22.1 Å². The van der Waals surface area contributed by atoms with E-state index in [0.717, 1.165) is 32.1 Å². The zero-order chi connectivity index (χ0) is 19.0. The maximum Gasteiger partial charge on any atom is 0.275 e. The van der Waals surface area contributed by atoms with E-state index in [1.165, 1.54) is 18.6 Å². The van der Waals surface area contributed by atoms with E-state index in [2.05, 4.69) is 15.3 Å². The third-order valence-electron chi connectivity index (χ3n) is 5.40. The molecule has 27 heavy (non-hydrogen) atoms. The van der Waals surface area contributed by atoms with E-state index in [0.29, 0.717) is 30.3 Å². The minimum Gasteiger partial charge on any atom is -0.488 e. The standard InChI is InChI=1S/C19H21ClN4O3/c1-2-27-15-10-21-11-22-17(15)23-13-8-12(20)16-14(25)9-19(24(16)18(13)26)6-4-3-5-7-19/h8,10-11H,2-7,9H2,1H3,(H,21,22,23). The second-order valence-electron chi connectivity index (χ2n) is 7.07. The molecule has 7 nitrogen and oxygen atoms in total. The van der Waals surface area contributed by atoms with E-state index in [1.54, 1.807) is 4.57 Å². The summed E-state index contributed by atoms with van der Waals surface area (Å²) in [6.45, 7) is 2.31. The number of halogens is 1. The molecular weight excluding hydrogens is 368 g/mol. The predicted molar refractivity (Wildman–Crippen MR) is 102 cm³/mol. The molecule has 0 atom stereocenters. The van der Waals surface area contributed by atoms with Gasteiger partial charge in [-0.05, 0) is 25.8 Å². The number of ketones is 1. The Morgan fingerprint density at radius 2 is 2.07 bits per heavy atom. The Morgan fingerprint density at radius 3 is 2.81 bits per heavy atom. The molecule has 2 aliphatic rings. The van der Waals surface area contributed by atoms with E-state index in [4.69, 9.17) is 16.3 Å². The van der Waals surface area contributed by atoms with Gasteiger partial charge in [-0.2, -0.15) is 0 Å². The van der Waals surface area contributed by atoms with Crippen LogP contribution in [0.4, 0.5) is 11.5 Å². The fourth-order valence-corrected chi connectivity index (χ4v) is 4.56. The van der Waals surface area contributed by atoms with Crippen molar-refractivity contribution in [2.24, 2.45) is 0 Å². The molecule has 4 rings (SSSR count). The maximum atomic E-state index is 13.3. The lowest BCUT2D eigenvalue weighted by molar-refractivity contribution is 0.0950. The molecule has 8 heteroatoms. The molecule has 1 spiro atoms. The Balaban J connectivity index is 1.81. The van der Waals surface area contributed by atoms with Gasteiger partial charge in [0.2, 0.25) is 0 Å². The van der Waals surface area contributed by atoms with Crippen molar-refractivity contribution in [3.63, 3.8) is 0 Å². The number of hydrogen-bond acceptors (Lipinski definition) is 6. The highest BCUT2D eigenvalue weighted by atomic mass is 35.5. The van der Waals surface area contributed by atoms with Gasteiger partial charge in [0.05, 0.1) is 23.4 Å². The summed E-state index contributed by atoms with van der Waals surface area (Å²) in [5.74, 6) is 0.787. The number of hydrogen-bond donors (Lipinski definition) is 1. The van der Waals surface area contributed by atoms with E-state index >= 15 is 0 Å². The maximum absolute atomic E-state index is 13.3. The molecule has 0 amide bonds. The smallest absolute Gasteiger partial charge is 0.275 e. The molecule has 0 aromatic carbocycles. The number of aromatic nitrogens is 3. The summed E-state index contributed by atoms with van der Waals surface area (Å²) in [5.41, 5.74) is -0.0783. The Kier molecular flexibility index (Phi) is 4.63. The summed E-state index contributed by atoms with van der Waals surface area (Å²) in [7, 11) is 0. The van der Waals surface area contributed by atoms with Crippen molar-refractivity contribution in [1.29, 1.82) is 0 Å². The van der Waals surface area contributed by atoms with Crippen LogP contribution in [-0.4, -0.2) is 26.9 Å². The van der Waals surface area contributed by atoms with Crippen molar-refractivity contribution >= 4 is 28.9 Å². The second kappa shape index (κ2) is 6.96. The van der Waals surface area contributed by atoms with E-state index in [1.807, 2.05) is 6.92 Å². The molecule has 1 aliphatic heterocycles. The molecule has 1 N–H and O–H groups in total. The van der Waals surface area contributed by atoms with Gasteiger partial charge in [-0.1, -0.05) is 30.9 Å². The molecule has 2 aromatic rings. The first-order valence-electron chi connectivity index (χ1n) is 9.25. The van der Waals surface area contributed by atoms with Gasteiger partial charge in [-0.3, -0.25) is 14.2 Å². The molecule has 0 bridgehead atoms. The highest BCUT2D eigenvalue weighted by Crippen LogP contribution is 2.44. The van der Waals surface area contributed by atoms with Crippen LogP contribution in [0, 0.1) is 0 Å². The predicted octanol–water partition coefficient (Wildman–Crippen LogP) is 3.68. The molecule has 2 aromatic heterocycles. The molecule has 0 radical (unpaired) electrons. The molecule has 142 valence electrons. The van der Waals surface area contributed by atoms with Crippen molar-refractivity contribution in [3.05, 3.63) is 39.7 Å². The lowest BCUT2D eigenvalue weighted by Gasteiger charge is -2.35. The van der Waals surface area contributed by atoms with E-state index in [9.17, 15) is 9.59 Å². The molecular formula is C19H21ClN4O3. The highest BCUT2D eigenvalue weighted by Gasteiger charge is 2.46. The van der Waals surface area contributed by atoms with Crippen LogP contribution in [-0.2, 0) is 5.54 Å². The average molecular weight is 389 g/mol. The first kappa shape index (κ1) is 18.0. The van der Waals surface area contributed by atoms with Crippen molar-refractivity contribution in [2.75, 3.05) is 11.9 Å². The minimum atomic E-state index is -0.447. The van der Waals surface area contributed by atoms with Crippen molar-refractivity contribution in [2.45, 2.75) is 51.0 Å². The van der Waals surface area contributed by atoms with Crippen LogP contribution in [0.2, 0.25) is 5.02 Å². The highest BCUT2D eigenvalue weighted by molar-refractivity contribution is 6.34. The number of Topliss-reactive ketones (excluding diaryl/α,β-unsaturated/α-hetero) is 1. The summed E-state index contributed by atoms with van der Waals surface area (Å²) in [6.07, 6.45) is 8.06. The van der Waals surface area contributed by atoms with Gasteiger partial charge in [-0.15, -0.1) is 0 Å². The number of pyridine rings is 1. The van der Waals surface area contributed by atoms with Crippen LogP contribution in [0.3, 0.4) is 0 Å². The summed E-state index contributed by atoms with van der Waals surface area (Å²) in [5, 5.41) is 3.32. The second-order valence-corrected chi connectivity index (χ2v) is 7.48. The van der Waals surface area contributed by atoms with Gasteiger partial charge in [0.1, 0.15) is 17.7 Å². The number of anilines is 2. The van der Waals surface area contributed by atoms with Crippen LogP contribution in [0.5, 0.6) is 5.75 Å². The monoisotopic (exact) mass is 388 g/mol. The summed E-state index contributed by atoms with van der Waals surface area (Å²) < 4.78 is 7.15. The number of nitrogens with one attached hydrogen (secondary N) is 1. The Morgan fingerprint density at radius 1 is 1.30 bits per heavy atom. The van der Waals surface area contributed by atoms with E-state index < -0.39 is 5.54 Å². The SMILES string of the molecule is CCOc1cncnc1Nc1cc(Cl)c2n(c1=O)C1(CCCCC1)CC2=O. The van der Waals surface area contributed by atoms with Gasteiger partial charge in [0, 0.05) is 6.42 Å². The Labute approximate surface area is 161 Å². The first-order valence-corrected chi connectivity index (χ1v) is 9.62. The van der Waals surface area contributed by atoms with Gasteiger partial charge < -0.3 is 10.1 Å². The lowest BCUT2D eigenvalue weighted by Crippen LogP contribution is -2.40. The zero-order valence-corrected chi connectivity index (χ0v) is 15.9. The Hall–Kier alpha value is -2.41. The normalized spacial score (nSPS) is 17.8. The molecule has 1 fully saturated rings.